The minimum atomic E-state index is -4.48. The molecular formula is C10H5ClF3NO. The number of hydrogen-bond acceptors (Lipinski definition) is 2. The Morgan fingerprint density at radius 3 is 2.56 bits per heavy atom. The number of nitrogens with zero attached hydrogens (tertiary/aromatic N) is 1. The summed E-state index contributed by atoms with van der Waals surface area (Å²) < 4.78 is 42.9. The summed E-state index contributed by atoms with van der Waals surface area (Å²) in [7, 11) is 0. The fourth-order valence-corrected chi connectivity index (χ4v) is 1.62. The first kappa shape index (κ1) is 11.0. The summed E-state index contributed by atoms with van der Waals surface area (Å²) in [6, 6.07) is 3.56. The van der Waals surface area contributed by atoms with Gasteiger partial charge in [0.15, 0.2) is 12.2 Å². The molecule has 1 aromatic carbocycles. The molecule has 0 saturated heterocycles. The van der Waals surface area contributed by atoms with Gasteiger partial charge in [-0.3, -0.25) is 0 Å². The fraction of sp³-hybridized carbons (Fsp3) is 0.100. The molecule has 1 aromatic heterocycles. The lowest BCUT2D eigenvalue weighted by Gasteiger charge is -2.11. The maximum atomic E-state index is 12.7. The molecule has 2 nitrogen and oxygen atoms in total. The van der Waals surface area contributed by atoms with E-state index in [1.807, 2.05) is 0 Å². The maximum Gasteiger partial charge on any atom is 0.417 e. The van der Waals surface area contributed by atoms with E-state index in [2.05, 4.69) is 4.98 Å². The van der Waals surface area contributed by atoms with Crippen molar-refractivity contribution in [1.29, 1.82) is 0 Å². The van der Waals surface area contributed by atoms with Crippen LogP contribution in [0.5, 0.6) is 0 Å². The van der Waals surface area contributed by atoms with Crippen molar-refractivity contribution in [2.45, 2.75) is 6.18 Å². The first-order valence-corrected chi connectivity index (χ1v) is 4.62. The molecule has 0 atom stereocenters. The minimum Gasteiger partial charge on any atom is -0.443 e. The molecule has 0 fully saturated rings. The van der Waals surface area contributed by atoms with E-state index in [0.29, 0.717) is 0 Å². The number of oxazole rings is 1. The normalized spacial score (nSPS) is 11.8. The van der Waals surface area contributed by atoms with Gasteiger partial charge in [-0.25, -0.2) is 4.98 Å². The van der Waals surface area contributed by atoms with Crippen LogP contribution in [0.1, 0.15) is 5.56 Å². The SMILES string of the molecule is FC(F)(F)c1cccc(Cl)c1-c1cnco1. The Morgan fingerprint density at radius 1 is 1.25 bits per heavy atom. The van der Waals surface area contributed by atoms with Gasteiger partial charge in [-0.1, -0.05) is 17.7 Å². The molecule has 2 rings (SSSR count). The first-order valence-electron chi connectivity index (χ1n) is 4.24. The smallest absolute Gasteiger partial charge is 0.417 e. The van der Waals surface area contributed by atoms with Gasteiger partial charge >= 0.3 is 6.18 Å². The zero-order valence-electron chi connectivity index (χ0n) is 7.75. The van der Waals surface area contributed by atoms with E-state index in [-0.39, 0.29) is 16.3 Å². The summed E-state index contributed by atoms with van der Waals surface area (Å²) >= 11 is 5.74. The molecule has 0 unspecified atom stereocenters. The molecule has 16 heavy (non-hydrogen) atoms. The predicted octanol–water partition coefficient (Wildman–Crippen LogP) is 4.01. The van der Waals surface area contributed by atoms with Crippen molar-refractivity contribution in [3.8, 4) is 11.3 Å². The highest BCUT2D eigenvalue weighted by Crippen LogP contribution is 2.40. The van der Waals surface area contributed by atoms with Crippen LogP contribution in [-0.4, -0.2) is 4.98 Å². The van der Waals surface area contributed by atoms with Crippen molar-refractivity contribution in [2.75, 3.05) is 0 Å². The van der Waals surface area contributed by atoms with Crippen LogP contribution < -0.4 is 0 Å². The van der Waals surface area contributed by atoms with Gasteiger partial charge in [0.05, 0.1) is 16.8 Å². The van der Waals surface area contributed by atoms with Crippen LogP contribution >= 0.6 is 11.6 Å². The van der Waals surface area contributed by atoms with Crippen molar-refractivity contribution in [3.05, 3.63) is 41.4 Å². The molecule has 0 saturated carbocycles. The van der Waals surface area contributed by atoms with Gasteiger partial charge in [-0.2, -0.15) is 13.2 Å². The van der Waals surface area contributed by atoms with Crippen LogP contribution in [0.4, 0.5) is 13.2 Å². The molecule has 0 bridgehead atoms. The number of alkyl halides is 3. The van der Waals surface area contributed by atoms with Gasteiger partial charge in [-0.05, 0) is 12.1 Å². The van der Waals surface area contributed by atoms with Crippen LogP contribution in [0.2, 0.25) is 5.02 Å². The molecule has 0 amide bonds. The Balaban J connectivity index is 2.68. The molecular weight excluding hydrogens is 243 g/mol. The highest BCUT2D eigenvalue weighted by Gasteiger charge is 2.35. The van der Waals surface area contributed by atoms with E-state index < -0.39 is 11.7 Å². The topological polar surface area (TPSA) is 26.0 Å². The molecule has 2 aromatic rings. The second-order valence-corrected chi connectivity index (χ2v) is 3.43. The summed E-state index contributed by atoms with van der Waals surface area (Å²) in [6.45, 7) is 0. The summed E-state index contributed by atoms with van der Waals surface area (Å²) in [5.41, 5.74) is -1.02. The monoisotopic (exact) mass is 247 g/mol. The molecule has 0 spiro atoms. The molecule has 0 aliphatic carbocycles. The van der Waals surface area contributed by atoms with Crippen LogP contribution in [0.25, 0.3) is 11.3 Å². The van der Waals surface area contributed by atoms with Crippen molar-refractivity contribution in [1.82, 2.24) is 4.98 Å². The summed E-state index contributed by atoms with van der Waals surface area (Å²) in [5, 5.41) is -0.0217. The Hall–Kier alpha value is -1.49. The van der Waals surface area contributed by atoms with Gasteiger partial charge < -0.3 is 4.42 Å². The van der Waals surface area contributed by atoms with Crippen molar-refractivity contribution < 1.29 is 17.6 Å². The van der Waals surface area contributed by atoms with Gasteiger partial charge in [0, 0.05) is 5.56 Å². The third-order valence-electron chi connectivity index (χ3n) is 2.00. The average molecular weight is 248 g/mol. The van der Waals surface area contributed by atoms with E-state index in [9.17, 15) is 13.2 Å². The molecule has 0 N–H and O–H groups in total. The second-order valence-electron chi connectivity index (χ2n) is 3.03. The fourth-order valence-electron chi connectivity index (χ4n) is 1.35. The van der Waals surface area contributed by atoms with E-state index in [4.69, 9.17) is 16.0 Å². The van der Waals surface area contributed by atoms with E-state index in [1.54, 1.807) is 0 Å². The molecule has 0 radical (unpaired) electrons. The number of halogens is 4. The van der Waals surface area contributed by atoms with Gasteiger partial charge in [0.2, 0.25) is 0 Å². The highest BCUT2D eigenvalue weighted by molar-refractivity contribution is 6.33. The Morgan fingerprint density at radius 2 is 2.00 bits per heavy atom. The Kier molecular flexibility index (Phi) is 2.63. The van der Waals surface area contributed by atoms with Crippen molar-refractivity contribution >= 4 is 11.6 Å². The lowest BCUT2D eigenvalue weighted by Crippen LogP contribution is -2.07. The third-order valence-corrected chi connectivity index (χ3v) is 2.31. The molecule has 6 heteroatoms. The minimum absolute atomic E-state index is 0.00192. The van der Waals surface area contributed by atoms with E-state index in [0.717, 1.165) is 12.5 Å². The zero-order valence-corrected chi connectivity index (χ0v) is 8.51. The number of aromatic nitrogens is 1. The van der Waals surface area contributed by atoms with Gasteiger partial charge in [0.25, 0.3) is 0 Å². The van der Waals surface area contributed by atoms with Crippen LogP contribution in [-0.2, 0) is 6.18 Å². The number of hydrogen-bond donors (Lipinski definition) is 0. The van der Waals surface area contributed by atoms with E-state index in [1.165, 1.54) is 18.3 Å². The summed E-state index contributed by atoms with van der Waals surface area (Å²) in [6.07, 6.45) is -2.23. The van der Waals surface area contributed by atoms with Gasteiger partial charge in [-0.15, -0.1) is 0 Å². The first-order chi connectivity index (χ1) is 7.50. The molecule has 84 valence electrons. The Labute approximate surface area is 93.7 Å². The molecule has 1 heterocycles. The van der Waals surface area contributed by atoms with Crippen LogP contribution in [0.15, 0.2) is 35.2 Å². The lowest BCUT2D eigenvalue weighted by atomic mass is 10.1. The highest BCUT2D eigenvalue weighted by atomic mass is 35.5. The average Bonchev–Trinajstić information content (AvgIpc) is 2.68. The molecule has 0 aliphatic heterocycles. The predicted molar refractivity (Wildman–Crippen MR) is 52.0 cm³/mol. The Bertz CT molecular complexity index is 493. The summed E-state index contributed by atoms with van der Waals surface area (Å²) in [5.74, 6) is -0.00192. The number of rotatable bonds is 1. The van der Waals surface area contributed by atoms with Crippen LogP contribution in [0, 0.1) is 0 Å². The standard InChI is InChI=1S/C10H5ClF3NO/c11-7-3-1-2-6(10(12,13)14)9(7)8-4-15-5-16-8/h1-5H. The van der Waals surface area contributed by atoms with Crippen LogP contribution in [0.3, 0.4) is 0 Å². The largest absolute Gasteiger partial charge is 0.443 e. The maximum absolute atomic E-state index is 12.7. The van der Waals surface area contributed by atoms with Crippen molar-refractivity contribution in [2.24, 2.45) is 0 Å². The van der Waals surface area contributed by atoms with Gasteiger partial charge in [0.1, 0.15) is 0 Å². The summed E-state index contributed by atoms with van der Waals surface area (Å²) in [4.78, 5) is 3.57. The zero-order chi connectivity index (χ0) is 11.8. The second kappa shape index (κ2) is 3.83. The van der Waals surface area contributed by atoms with Crippen molar-refractivity contribution in [3.63, 3.8) is 0 Å². The molecule has 0 aliphatic rings. The number of benzene rings is 1. The van der Waals surface area contributed by atoms with E-state index >= 15 is 0 Å². The quantitative estimate of drug-likeness (QED) is 0.761. The lowest BCUT2D eigenvalue weighted by molar-refractivity contribution is -0.137. The third kappa shape index (κ3) is 1.90.